The quantitative estimate of drug-likeness (QED) is 0.0832. The Balaban J connectivity index is 1.76. The number of amides is 2. The van der Waals surface area contributed by atoms with Crippen LogP contribution in [0.2, 0.25) is 0 Å². The van der Waals surface area contributed by atoms with Crippen LogP contribution < -0.4 is 10.6 Å². The van der Waals surface area contributed by atoms with E-state index in [0.29, 0.717) is 5.65 Å². The molecule has 0 aliphatic carbocycles. The van der Waals surface area contributed by atoms with Crippen LogP contribution >= 0.6 is 0 Å². The Morgan fingerprint density at radius 1 is 0.543 bits per heavy atom. The number of hydrogen-bond acceptors (Lipinski definition) is 4. The van der Waals surface area contributed by atoms with Crippen LogP contribution in [0.3, 0.4) is 0 Å². The Kier molecular flexibility index (Phi) is 22.9. The molecule has 2 rings (SSSR count). The highest BCUT2D eigenvalue weighted by Gasteiger charge is 2.25. The molecule has 0 spiro atoms. The fourth-order valence-corrected chi connectivity index (χ4v) is 6.41. The van der Waals surface area contributed by atoms with Crippen LogP contribution in [-0.4, -0.2) is 21.5 Å². The second kappa shape index (κ2) is 26.6. The van der Waals surface area contributed by atoms with Crippen molar-refractivity contribution in [1.82, 2.24) is 9.66 Å². The molecular weight excluding hydrogens is 570 g/mol. The zero-order chi connectivity index (χ0) is 33.1. The molecule has 0 bridgehead atoms. The highest BCUT2D eigenvalue weighted by Crippen LogP contribution is 2.17. The summed E-state index contributed by atoms with van der Waals surface area (Å²) in [6.07, 6.45) is 34.1. The number of carbonyl (C=O) groups is 2. The van der Waals surface area contributed by atoms with E-state index in [1.807, 2.05) is 6.07 Å². The fourth-order valence-electron chi connectivity index (χ4n) is 6.41. The minimum atomic E-state index is -0.399. The minimum Gasteiger partial charge on any atom is -0.273 e. The van der Waals surface area contributed by atoms with Crippen molar-refractivity contribution in [2.24, 2.45) is 0 Å². The third kappa shape index (κ3) is 16.9. The molecule has 0 radical (unpaired) electrons. The van der Waals surface area contributed by atoms with Gasteiger partial charge < -0.3 is 0 Å². The van der Waals surface area contributed by atoms with Gasteiger partial charge in [-0.15, -0.1) is 0 Å². The van der Waals surface area contributed by atoms with Crippen molar-refractivity contribution in [3.05, 3.63) is 40.8 Å². The van der Waals surface area contributed by atoms with Gasteiger partial charge in [-0.3, -0.25) is 14.4 Å². The van der Waals surface area contributed by atoms with Crippen LogP contribution in [0.5, 0.6) is 0 Å². The smallest absolute Gasteiger partial charge is 0.271 e. The molecular formula is C40H67N3O3. The average Bonchev–Trinajstić information content (AvgIpc) is 3.06. The van der Waals surface area contributed by atoms with Gasteiger partial charge in [-0.25, -0.2) is 4.98 Å². The van der Waals surface area contributed by atoms with Gasteiger partial charge in [0.25, 0.3) is 5.56 Å². The SMILES string of the molecule is CCCCCCCCCCCCCCCC(=O)N(C(=O)CCCCCCCCCCCCCCC)n1c(=O)ccc2cccnc21. The van der Waals surface area contributed by atoms with Gasteiger partial charge in [0.1, 0.15) is 0 Å². The molecule has 2 heterocycles. The second-order valence-corrected chi connectivity index (χ2v) is 13.5. The van der Waals surface area contributed by atoms with Crippen molar-refractivity contribution >= 4 is 22.8 Å². The van der Waals surface area contributed by atoms with E-state index in [1.165, 1.54) is 139 Å². The molecule has 0 saturated heterocycles. The highest BCUT2D eigenvalue weighted by atomic mass is 16.2. The summed E-state index contributed by atoms with van der Waals surface area (Å²) in [4.78, 5) is 44.5. The molecule has 0 N–H and O–H groups in total. The maximum Gasteiger partial charge on any atom is 0.271 e. The predicted molar refractivity (Wildman–Crippen MR) is 195 cm³/mol. The molecule has 0 saturated carbocycles. The molecule has 0 aliphatic rings. The number of pyridine rings is 2. The topological polar surface area (TPSA) is 72.3 Å². The summed E-state index contributed by atoms with van der Waals surface area (Å²) in [6, 6.07) is 6.78. The normalized spacial score (nSPS) is 11.3. The average molecular weight is 638 g/mol. The molecule has 0 atom stereocenters. The number of hydrogen-bond donors (Lipinski definition) is 0. The molecule has 2 aromatic heterocycles. The van der Waals surface area contributed by atoms with Crippen LogP contribution in [0.15, 0.2) is 35.3 Å². The van der Waals surface area contributed by atoms with Gasteiger partial charge in [-0.2, -0.15) is 9.69 Å². The second-order valence-electron chi connectivity index (χ2n) is 13.5. The van der Waals surface area contributed by atoms with Crippen LogP contribution in [0.1, 0.15) is 194 Å². The van der Waals surface area contributed by atoms with Gasteiger partial charge >= 0.3 is 0 Å². The van der Waals surface area contributed by atoms with E-state index in [4.69, 9.17) is 0 Å². The molecule has 6 heteroatoms. The molecule has 0 fully saturated rings. The Labute approximate surface area is 281 Å². The first-order valence-electron chi connectivity index (χ1n) is 19.4. The molecule has 46 heavy (non-hydrogen) atoms. The number of unbranched alkanes of at least 4 members (excludes halogenated alkanes) is 24. The zero-order valence-electron chi connectivity index (χ0n) is 29.8. The number of carbonyl (C=O) groups excluding carboxylic acids is 2. The van der Waals surface area contributed by atoms with Crippen molar-refractivity contribution < 1.29 is 9.59 Å². The highest BCUT2D eigenvalue weighted by molar-refractivity contribution is 6.09. The number of imide groups is 1. The Morgan fingerprint density at radius 2 is 0.913 bits per heavy atom. The van der Waals surface area contributed by atoms with Gasteiger partial charge in [-0.1, -0.05) is 168 Å². The maximum atomic E-state index is 13.5. The summed E-state index contributed by atoms with van der Waals surface area (Å²) in [5.74, 6) is -0.606. The van der Waals surface area contributed by atoms with E-state index in [-0.39, 0.29) is 24.7 Å². The zero-order valence-corrected chi connectivity index (χ0v) is 29.8. The predicted octanol–water partition coefficient (Wildman–Crippen LogP) is 11.4. The van der Waals surface area contributed by atoms with Crippen LogP contribution in [0.25, 0.3) is 11.0 Å². The lowest BCUT2D eigenvalue weighted by atomic mass is 10.0. The summed E-state index contributed by atoms with van der Waals surface area (Å²) in [7, 11) is 0. The lowest BCUT2D eigenvalue weighted by Gasteiger charge is -2.23. The van der Waals surface area contributed by atoms with Crippen LogP contribution in [-0.2, 0) is 9.59 Å². The first-order valence-corrected chi connectivity index (χ1v) is 19.4. The number of aromatic nitrogens is 2. The summed E-state index contributed by atoms with van der Waals surface area (Å²) < 4.78 is 1.21. The Morgan fingerprint density at radius 3 is 1.30 bits per heavy atom. The maximum absolute atomic E-state index is 13.5. The molecule has 0 unspecified atom stereocenters. The van der Waals surface area contributed by atoms with E-state index in [9.17, 15) is 14.4 Å². The molecule has 260 valence electrons. The van der Waals surface area contributed by atoms with E-state index >= 15 is 0 Å². The molecule has 6 nitrogen and oxygen atoms in total. The largest absolute Gasteiger partial charge is 0.273 e. The van der Waals surface area contributed by atoms with Crippen molar-refractivity contribution in [3.63, 3.8) is 0 Å². The fraction of sp³-hybridized carbons (Fsp3) is 0.750. The van der Waals surface area contributed by atoms with E-state index in [1.54, 1.807) is 18.3 Å². The van der Waals surface area contributed by atoms with Crippen molar-refractivity contribution in [1.29, 1.82) is 0 Å². The lowest BCUT2D eigenvalue weighted by Crippen LogP contribution is -2.50. The van der Waals surface area contributed by atoms with Gasteiger partial charge in [0.15, 0.2) is 5.65 Å². The van der Waals surface area contributed by atoms with Crippen molar-refractivity contribution in [2.75, 3.05) is 5.01 Å². The van der Waals surface area contributed by atoms with E-state index < -0.39 is 5.56 Å². The van der Waals surface area contributed by atoms with Gasteiger partial charge in [-0.05, 0) is 31.0 Å². The van der Waals surface area contributed by atoms with Crippen molar-refractivity contribution in [3.8, 4) is 0 Å². The Hall–Kier alpha value is -2.50. The number of fused-ring (bicyclic) bond motifs is 1. The van der Waals surface area contributed by atoms with E-state index in [2.05, 4.69) is 18.8 Å². The summed E-state index contributed by atoms with van der Waals surface area (Å²) in [6.45, 7) is 4.52. The first kappa shape index (κ1) is 39.7. The number of nitrogens with zero attached hydrogens (tertiary/aromatic N) is 3. The summed E-state index contributed by atoms with van der Waals surface area (Å²) in [5, 5.41) is 1.84. The van der Waals surface area contributed by atoms with Gasteiger partial charge in [0.2, 0.25) is 11.8 Å². The van der Waals surface area contributed by atoms with Gasteiger partial charge in [0, 0.05) is 30.5 Å². The third-order valence-electron chi connectivity index (χ3n) is 9.29. The molecule has 2 aromatic rings. The molecule has 2 amide bonds. The molecule has 0 aromatic carbocycles. The van der Waals surface area contributed by atoms with Crippen molar-refractivity contribution in [2.45, 2.75) is 194 Å². The monoisotopic (exact) mass is 638 g/mol. The van der Waals surface area contributed by atoms with E-state index in [0.717, 1.165) is 48.9 Å². The first-order chi connectivity index (χ1) is 22.6. The summed E-state index contributed by atoms with van der Waals surface area (Å²) >= 11 is 0. The van der Waals surface area contributed by atoms with Crippen LogP contribution in [0, 0.1) is 0 Å². The minimum absolute atomic E-state index is 0.262. The van der Waals surface area contributed by atoms with Crippen LogP contribution in [0.4, 0.5) is 0 Å². The number of rotatable bonds is 29. The summed E-state index contributed by atoms with van der Waals surface area (Å²) in [5.41, 5.74) is -0.0453. The lowest BCUT2D eigenvalue weighted by molar-refractivity contribution is -0.129. The third-order valence-corrected chi connectivity index (χ3v) is 9.29. The Bertz CT molecular complexity index is 1090. The molecule has 0 aliphatic heterocycles. The van der Waals surface area contributed by atoms with Gasteiger partial charge in [0.05, 0.1) is 0 Å². The standard InChI is InChI=1S/C40H67N3O3/c1-3-5-7-9-11-13-15-17-19-21-23-25-27-31-37(44)42(43-39(46)34-33-36-30-29-35-41-40(36)43)38(45)32-28-26-24-22-20-18-16-14-12-10-8-6-4-2/h29-30,33-35H,3-28,31-32H2,1-2H3.